The highest BCUT2D eigenvalue weighted by atomic mass is 79.9. The van der Waals surface area contributed by atoms with Gasteiger partial charge in [0.2, 0.25) is 0 Å². The number of esters is 1. The first-order valence-electron chi connectivity index (χ1n) is 6.97. The first-order valence-corrected chi connectivity index (χ1v) is 8.64. The quantitative estimate of drug-likeness (QED) is 0.167. The number of Topliss-reactive ketones (excluding diaryl/α,β-unsaturated/α-hetero) is 1. The van der Waals surface area contributed by atoms with Crippen LogP contribution in [0.3, 0.4) is 0 Å². The molecule has 0 N–H and O–H groups in total. The predicted molar refractivity (Wildman–Crippen MR) is 97.3 cm³/mol. The molecule has 0 aliphatic rings. The summed E-state index contributed by atoms with van der Waals surface area (Å²) in [6, 6.07) is 12.4. The highest BCUT2D eigenvalue weighted by molar-refractivity contribution is 9.10. The maximum Gasteiger partial charge on any atom is 0.343 e. The highest BCUT2D eigenvalue weighted by Gasteiger charge is 2.15. The molecule has 2 aromatic rings. The maximum atomic E-state index is 12.1. The van der Waals surface area contributed by atoms with Crippen molar-refractivity contribution >= 4 is 45.1 Å². The Bertz CT molecular complexity index is 831. The van der Waals surface area contributed by atoms with Gasteiger partial charge in [-0.15, -0.1) is 0 Å². The first-order chi connectivity index (χ1) is 11.9. The van der Waals surface area contributed by atoms with Crippen LogP contribution < -0.4 is 0 Å². The summed E-state index contributed by atoms with van der Waals surface area (Å²) in [6.07, 6.45) is 0. The first kappa shape index (κ1) is 18.9. The molecule has 0 unspecified atom stereocenters. The summed E-state index contributed by atoms with van der Waals surface area (Å²) >= 11 is 4.57. The Morgan fingerprint density at radius 1 is 1.12 bits per heavy atom. The number of non-ortho nitro benzene ring substituents is 1. The SMILES string of the molecule is CC(=O)/C(=C/Sc1ccc(Br)cc1)OC(=O)c1ccc([N+](=O)[O-])cc1. The fourth-order valence-corrected chi connectivity index (χ4v) is 2.71. The van der Waals surface area contributed by atoms with Crippen LogP contribution in [0.25, 0.3) is 0 Å². The van der Waals surface area contributed by atoms with Crippen LogP contribution in [0.1, 0.15) is 17.3 Å². The molecule has 25 heavy (non-hydrogen) atoms. The molecule has 128 valence electrons. The summed E-state index contributed by atoms with van der Waals surface area (Å²) in [4.78, 5) is 34.7. The van der Waals surface area contributed by atoms with Gasteiger partial charge in [-0.25, -0.2) is 4.79 Å². The van der Waals surface area contributed by atoms with E-state index in [1.807, 2.05) is 24.3 Å². The smallest absolute Gasteiger partial charge is 0.343 e. The van der Waals surface area contributed by atoms with Crippen molar-refractivity contribution < 1.29 is 19.2 Å². The lowest BCUT2D eigenvalue weighted by atomic mass is 10.2. The van der Waals surface area contributed by atoms with Crippen LogP contribution in [0.5, 0.6) is 0 Å². The van der Waals surface area contributed by atoms with Crippen LogP contribution in [-0.2, 0) is 9.53 Å². The molecule has 0 saturated carbocycles. The number of nitro benzene ring substituents is 1. The fourth-order valence-electron chi connectivity index (χ4n) is 1.69. The van der Waals surface area contributed by atoms with E-state index in [1.54, 1.807) is 0 Å². The molecular weight excluding hydrogens is 410 g/mol. The maximum absolute atomic E-state index is 12.1. The molecule has 0 atom stereocenters. The molecule has 6 nitrogen and oxygen atoms in total. The van der Waals surface area contributed by atoms with Gasteiger partial charge in [-0.05, 0) is 36.4 Å². The van der Waals surface area contributed by atoms with Crippen LogP contribution in [-0.4, -0.2) is 16.7 Å². The second-order valence-corrected chi connectivity index (χ2v) is 6.66. The lowest BCUT2D eigenvalue weighted by molar-refractivity contribution is -0.384. The van der Waals surface area contributed by atoms with Gasteiger partial charge in [-0.1, -0.05) is 27.7 Å². The molecule has 0 aliphatic heterocycles. The van der Waals surface area contributed by atoms with E-state index in [4.69, 9.17) is 4.74 Å². The van der Waals surface area contributed by atoms with Gasteiger partial charge < -0.3 is 4.74 Å². The summed E-state index contributed by atoms with van der Waals surface area (Å²) in [5.74, 6) is -1.26. The van der Waals surface area contributed by atoms with Crippen molar-refractivity contribution in [3.63, 3.8) is 0 Å². The normalized spacial score (nSPS) is 11.0. The van der Waals surface area contributed by atoms with Crippen molar-refractivity contribution in [1.29, 1.82) is 0 Å². The van der Waals surface area contributed by atoms with Crippen LogP contribution in [0.2, 0.25) is 0 Å². The number of carbonyl (C=O) groups excluding carboxylic acids is 2. The number of rotatable bonds is 6. The van der Waals surface area contributed by atoms with E-state index in [0.29, 0.717) is 0 Å². The molecule has 0 fully saturated rings. The number of nitro groups is 1. The number of allylic oxidation sites excluding steroid dienone is 1. The summed E-state index contributed by atoms with van der Waals surface area (Å²) in [5.41, 5.74) is -0.0175. The van der Waals surface area contributed by atoms with E-state index in [1.165, 1.54) is 48.4 Å². The topological polar surface area (TPSA) is 86.5 Å². The van der Waals surface area contributed by atoms with Gasteiger partial charge in [0.05, 0.1) is 10.5 Å². The van der Waals surface area contributed by atoms with Gasteiger partial charge in [0, 0.05) is 33.8 Å². The molecule has 0 heterocycles. The second kappa shape index (κ2) is 8.59. The Kier molecular flexibility index (Phi) is 6.49. The molecule has 2 rings (SSSR count). The van der Waals surface area contributed by atoms with E-state index < -0.39 is 16.7 Å². The summed E-state index contributed by atoms with van der Waals surface area (Å²) in [5, 5.41) is 12.1. The zero-order chi connectivity index (χ0) is 18.4. The molecule has 0 aliphatic carbocycles. The Hall–Kier alpha value is -2.45. The summed E-state index contributed by atoms with van der Waals surface area (Å²) in [6.45, 7) is 1.29. The molecule has 0 aromatic heterocycles. The average molecular weight is 422 g/mol. The number of thioether (sulfide) groups is 1. The van der Waals surface area contributed by atoms with Gasteiger partial charge in [-0.2, -0.15) is 0 Å². The highest BCUT2D eigenvalue weighted by Crippen LogP contribution is 2.24. The van der Waals surface area contributed by atoms with Gasteiger partial charge in [0.15, 0.2) is 11.5 Å². The third kappa shape index (κ3) is 5.54. The zero-order valence-electron chi connectivity index (χ0n) is 13.0. The Labute approximate surface area is 156 Å². The minimum Gasteiger partial charge on any atom is -0.419 e. The lowest BCUT2D eigenvalue weighted by Crippen LogP contribution is -2.09. The van der Waals surface area contributed by atoms with Crippen molar-refractivity contribution in [2.24, 2.45) is 0 Å². The van der Waals surface area contributed by atoms with E-state index in [-0.39, 0.29) is 17.0 Å². The van der Waals surface area contributed by atoms with Crippen molar-refractivity contribution in [2.75, 3.05) is 0 Å². The van der Waals surface area contributed by atoms with Gasteiger partial charge >= 0.3 is 5.97 Å². The van der Waals surface area contributed by atoms with E-state index in [2.05, 4.69) is 15.9 Å². The molecule has 0 amide bonds. The number of halogens is 1. The van der Waals surface area contributed by atoms with Crippen molar-refractivity contribution in [3.8, 4) is 0 Å². The van der Waals surface area contributed by atoms with E-state index in [9.17, 15) is 19.7 Å². The number of carbonyl (C=O) groups is 2. The van der Waals surface area contributed by atoms with Crippen LogP contribution in [0.15, 0.2) is 69.1 Å². The van der Waals surface area contributed by atoms with Crippen LogP contribution in [0, 0.1) is 10.1 Å². The standard InChI is InChI=1S/C17H12BrNO5S/c1-11(20)16(10-25-15-8-4-13(18)5-9-15)24-17(21)12-2-6-14(7-3-12)19(22)23/h2-10H,1H3/b16-10-. The van der Waals surface area contributed by atoms with Crippen molar-refractivity contribution in [1.82, 2.24) is 0 Å². The number of ketones is 1. The third-order valence-corrected chi connectivity index (χ3v) is 4.38. The second-order valence-electron chi connectivity index (χ2n) is 4.80. The van der Waals surface area contributed by atoms with Gasteiger partial charge in [0.25, 0.3) is 5.69 Å². The Morgan fingerprint density at radius 3 is 2.24 bits per heavy atom. The van der Waals surface area contributed by atoms with Gasteiger partial charge in [0.1, 0.15) is 0 Å². The van der Waals surface area contributed by atoms with E-state index in [0.717, 1.165) is 9.37 Å². The molecule has 0 saturated heterocycles. The van der Waals surface area contributed by atoms with Crippen LogP contribution >= 0.6 is 27.7 Å². The third-order valence-electron chi connectivity index (χ3n) is 2.98. The number of hydrogen-bond acceptors (Lipinski definition) is 6. The number of nitrogens with zero attached hydrogens (tertiary/aromatic N) is 1. The van der Waals surface area contributed by atoms with E-state index >= 15 is 0 Å². The molecule has 8 heteroatoms. The largest absolute Gasteiger partial charge is 0.419 e. The molecule has 0 radical (unpaired) electrons. The molecule has 0 spiro atoms. The van der Waals surface area contributed by atoms with Crippen molar-refractivity contribution in [2.45, 2.75) is 11.8 Å². The van der Waals surface area contributed by atoms with Crippen LogP contribution in [0.4, 0.5) is 5.69 Å². The fraction of sp³-hybridized carbons (Fsp3) is 0.0588. The monoisotopic (exact) mass is 421 g/mol. The number of benzene rings is 2. The minimum absolute atomic E-state index is 0.101. The zero-order valence-corrected chi connectivity index (χ0v) is 15.4. The van der Waals surface area contributed by atoms with Gasteiger partial charge in [-0.3, -0.25) is 14.9 Å². The molecule has 2 aromatic carbocycles. The number of hydrogen-bond donors (Lipinski definition) is 0. The molecular formula is C17H12BrNO5S. The minimum atomic E-state index is -0.757. The number of ether oxygens (including phenoxy) is 1. The lowest BCUT2D eigenvalue weighted by Gasteiger charge is -2.06. The Balaban J connectivity index is 2.10. The summed E-state index contributed by atoms with van der Waals surface area (Å²) < 4.78 is 6.04. The predicted octanol–water partition coefficient (Wildman–Crippen LogP) is 4.74. The summed E-state index contributed by atoms with van der Waals surface area (Å²) in [7, 11) is 0. The molecule has 0 bridgehead atoms. The Morgan fingerprint density at radius 2 is 1.72 bits per heavy atom. The van der Waals surface area contributed by atoms with Crippen molar-refractivity contribution in [3.05, 3.63) is 79.8 Å². The average Bonchev–Trinajstić information content (AvgIpc) is 2.59.